The Morgan fingerprint density at radius 2 is 2.06 bits per heavy atom. The highest BCUT2D eigenvalue weighted by atomic mass is 16.5. The third-order valence-corrected chi connectivity index (χ3v) is 3.98. The van der Waals surface area contributed by atoms with Gasteiger partial charge < -0.3 is 14.8 Å². The van der Waals surface area contributed by atoms with Gasteiger partial charge in [-0.15, -0.1) is 0 Å². The smallest absolute Gasteiger partial charge is 0.0687 e. The second-order valence-electron chi connectivity index (χ2n) is 5.20. The van der Waals surface area contributed by atoms with Crippen LogP contribution in [-0.2, 0) is 9.47 Å². The molecule has 2 rings (SSSR count). The Balaban J connectivity index is 1.58. The van der Waals surface area contributed by atoms with Gasteiger partial charge in [0.1, 0.15) is 0 Å². The Bertz CT molecular complexity index is 202. The van der Waals surface area contributed by atoms with E-state index in [2.05, 4.69) is 5.32 Å². The van der Waals surface area contributed by atoms with Crippen LogP contribution in [0.4, 0.5) is 0 Å². The lowest BCUT2D eigenvalue weighted by Gasteiger charge is -2.23. The van der Waals surface area contributed by atoms with Crippen LogP contribution in [0.15, 0.2) is 0 Å². The molecule has 1 unspecified atom stereocenters. The highest BCUT2D eigenvalue weighted by Gasteiger charge is 2.41. The topological polar surface area (TPSA) is 30.5 Å². The van der Waals surface area contributed by atoms with Gasteiger partial charge in [0.25, 0.3) is 0 Å². The van der Waals surface area contributed by atoms with E-state index < -0.39 is 0 Å². The lowest BCUT2D eigenvalue weighted by Crippen LogP contribution is -2.27. The Labute approximate surface area is 98.9 Å². The molecule has 1 N–H and O–H groups in total. The first kappa shape index (κ1) is 12.3. The van der Waals surface area contributed by atoms with E-state index in [9.17, 15) is 0 Å². The molecule has 0 bridgehead atoms. The van der Waals surface area contributed by atoms with Crippen molar-refractivity contribution in [3.63, 3.8) is 0 Å². The van der Waals surface area contributed by atoms with Crippen LogP contribution in [0.5, 0.6) is 0 Å². The van der Waals surface area contributed by atoms with Crippen molar-refractivity contribution < 1.29 is 9.47 Å². The molecule has 3 nitrogen and oxygen atoms in total. The van der Waals surface area contributed by atoms with Gasteiger partial charge in [0.15, 0.2) is 0 Å². The van der Waals surface area contributed by atoms with Crippen LogP contribution in [0.2, 0.25) is 0 Å². The van der Waals surface area contributed by atoms with E-state index in [1.54, 1.807) is 7.11 Å². The summed E-state index contributed by atoms with van der Waals surface area (Å²) in [7, 11) is 1.74. The lowest BCUT2D eigenvalue weighted by molar-refractivity contribution is -0.0385. The minimum Gasteiger partial charge on any atom is -0.383 e. The van der Waals surface area contributed by atoms with Crippen molar-refractivity contribution in [2.75, 3.05) is 26.8 Å². The van der Waals surface area contributed by atoms with Gasteiger partial charge >= 0.3 is 0 Å². The second-order valence-corrected chi connectivity index (χ2v) is 5.20. The van der Waals surface area contributed by atoms with Crippen LogP contribution in [0.3, 0.4) is 0 Å². The molecule has 0 amide bonds. The van der Waals surface area contributed by atoms with E-state index in [1.807, 2.05) is 0 Å². The van der Waals surface area contributed by atoms with E-state index in [0.717, 1.165) is 26.1 Å². The molecule has 1 heterocycles. The maximum Gasteiger partial charge on any atom is 0.0687 e. The Morgan fingerprint density at radius 1 is 1.25 bits per heavy atom. The summed E-state index contributed by atoms with van der Waals surface area (Å²) in [6.07, 6.45) is 9.60. The van der Waals surface area contributed by atoms with Crippen molar-refractivity contribution in [3.05, 3.63) is 0 Å². The number of hydrogen-bond acceptors (Lipinski definition) is 3. The van der Waals surface area contributed by atoms with Crippen molar-refractivity contribution in [1.29, 1.82) is 0 Å². The summed E-state index contributed by atoms with van der Waals surface area (Å²) in [5.74, 6) is 0. The Hall–Kier alpha value is -0.120. The Kier molecular flexibility index (Phi) is 4.62. The largest absolute Gasteiger partial charge is 0.383 e. The fourth-order valence-corrected chi connectivity index (χ4v) is 3.05. The molecule has 1 spiro atoms. The van der Waals surface area contributed by atoms with E-state index in [1.165, 1.54) is 38.5 Å². The van der Waals surface area contributed by atoms with Crippen LogP contribution >= 0.6 is 0 Å². The van der Waals surface area contributed by atoms with Gasteiger partial charge in [-0.2, -0.15) is 0 Å². The highest BCUT2D eigenvalue weighted by Crippen LogP contribution is 2.43. The predicted octanol–water partition coefficient (Wildman–Crippen LogP) is 2.10. The van der Waals surface area contributed by atoms with Gasteiger partial charge in [0.05, 0.1) is 18.3 Å². The summed E-state index contributed by atoms with van der Waals surface area (Å²) in [6, 6.07) is 0. The van der Waals surface area contributed by atoms with Crippen molar-refractivity contribution in [2.24, 2.45) is 0 Å². The molecule has 0 aromatic rings. The number of nitrogens with one attached hydrogen (secondary N) is 1. The molecule has 2 fully saturated rings. The summed E-state index contributed by atoms with van der Waals surface area (Å²) in [5, 5.41) is 3.39. The summed E-state index contributed by atoms with van der Waals surface area (Å²) < 4.78 is 11.2. The molecule has 94 valence electrons. The fraction of sp³-hybridized carbons (Fsp3) is 1.00. The minimum absolute atomic E-state index is 0.303. The molecule has 0 aromatic carbocycles. The Morgan fingerprint density at radius 3 is 2.81 bits per heavy atom. The van der Waals surface area contributed by atoms with Crippen molar-refractivity contribution in [2.45, 2.75) is 56.7 Å². The lowest BCUT2D eigenvalue weighted by atomic mass is 9.98. The van der Waals surface area contributed by atoms with Gasteiger partial charge in [-0.1, -0.05) is 12.8 Å². The van der Waals surface area contributed by atoms with Crippen LogP contribution in [0, 0.1) is 0 Å². The second kappa shape index (κ2) is 5.99. The predicted molar refractivity (Wildman–Crippen MR) is 64.7 cm³/mol. The zero-order valence-electron chi connectivity index (χ0n) is 10.5. The molecule has 3 heteroatoms. The van der Waals surface area contributed by atoms with Gasteiger partial charge in [-0.3, -0.25) is 0 Å². The summed E-state index contributed by atoms with van der Waals surface area (Å²) >= 11 is 0. The number of hydrogen-bond donors (Lipinski definition) is 1. The monoisotopic (exact) mass is 227 g/mol. The average Bonchev–Trinajstić information content (AvgIpc) is 2.90. The molecule has 0 aromatic heterocycles. The van der Waals surface area contributed by atoms with E-state index in [0.29, 0.717) is 11.7 Å². The van der Waals surface area contributed by atoms with Gasteiger partial charge in [-0.05, 0) is 38.6 Å². The van der Waals surface area contributed by atoms with Crippen molar-refractivity contribution in [3.8, 4) is 0 Å². The van der Waals surface area contributed by atoms with Crippen LogP contribution in [0.1, 0.15) is 44.9 Å². The van der Waals surface area contributed by atoms with Crippen LogP contribution < -0.4 is 5.32 Å². The molecule has 1 aliphatic carbocycles. The summed E-state index contributed by atoms with van der Waals surface area (Å²) in [4.78, 5) is 0. The molecule has 1 atom stereocenters. The van der Waals surface area contributed by atoms with Gasteiger partial charge in [0.2, 0.25) is 0 Å². The number of rotatable bonds is 6. The average molecular weight is 227 g/mol. The first-order valence-electron chi connectivity index (χ1n) is 6.72. The van der Waals surface area contributed by atoms with Crippen molar-refractivity contribution in [1.82, 2.24) is 5.32 Å². The SMILES string of the molecule is COCCNCCC1CCC2(CCCC2)O1. The normalized spacial score (nSPS) is 27.9. The van der Waals surface area contributed by atoms with Gasteiger partial charge in [0, 0.05) is 13.7 Å². The van der Waals surface area contributed by atoms with E-state index >= 15 is 0 Å². The number of ether oxygens (including phenoxy) is 2. The molecule has 1 saturated carbocycles. The summed E-state index contributed by atoms with van der Waals surface area (Å²) in [6.45, 7) is 2.81. The van der Waals surface area contributed by atoms with Crippen LogP contribution in [0.25, 0.3) is 0 Å². The van der Waals surface area contributed by atoms with E-state index in [-0.39, 0.29) is 0 Å². The minimum atomic E-state index is 0.303. The molecule has 2 aliphatic rings. The quantitative estimate of drug-likeness (QED) is 0.705. The standard InChI is InChI=1S/C13H25NO2/c1-15-11-10-14-9-5-12-4-8-13(16-12)6-2-3-7-13/h12,14H,2-11H2,1H3. The zero-order valence-corrected chi connectivity index (χ0v) is 10.5. The molecule has 16 heavy (non-hydrogen) atoms. The zero-order chi connectivity index (χ0) is 11.3. The third kappa shape index (κ3) is 3.19. The third-order valence-electron chi connectivity index (χ3n) is 3.98. The first-order valence-corrected chi connectivity index (χ1v) is 6.72. The number of methoxy groups -OCH3 is 1. The molecular formula is C13H25NO2. The molecule has 1 aliphatic heterocycles. The highest BCUT2D eigenvalue weighted by molar-refractivity contribution is 4.92. The van der Waals surface area contributed by atoms with Crippen molar-refractivity contribution >= 4 is 0 Å². The molecule has 1 saturated heterocycles. The van der Waals surface area contributed by atoms with Gasteiger partial charge in [-0.25, -0.2) is 0 Å². The fourth-order valence-electron chi connectivity index (χ4n) is 3.05. The summed E-state index contributed by atoms with van der Waals surface area (Å²) in [5.41, 5.74) is 0.303. The van der Waals surface area contributed by atoms with E-state index in [4.69, 9.17) is 9.47 Å². The molecule has 0 radical (unpaired) electrons. The first-order chi connectivity index (χ1) is 7.85. The maximum absolute atomic E-state index is 6.25. The molecular weight excluding hydrogens is 202 g/mol. The van der Waals surface area contributed by atoms with Crippen LogP contribution in [-0.4, -0.2) is 38.5 Å². The maximum atomic E-state index is 6.25.